The Labute approximate surface area is 139 Å². The molecule has 2 unspecified atom stereocenters. The molecule has 0 amide bonds. The second-order valence-corrected chi connectivity index (χ2v) is 6.88. The van der Waals surface area contributed by atoms with Crippen molar-refractivity contribution in [2.24, 2.45) is 11.8 Å². The van der Waals surface area contributed by atoms with Crippen LogP contribution in [0.5, 0.6) is 0 Å². The molecule has 0 saturated carbocycles. The first-order valence-electron chi connectivity index (χ1n) is 9.51. The van der Waals surface area contributed by atoms with Crippen molar-refractivity contribution in [2.75, 3.05) is 18.0 Å². The molecule has 0 N–H and O–H groups in total. The van der Waals surface area contributed by atoms with Gasteiger partial charge < -0.3 is 4.90 Å². The van der Waals surface area contributed by atoms with Crippen molar-refractivity contribution in [1.82, 2.24) is 0 Å². The summed E-state index contributed by atoms with van der Waals surface area (Å²) in [6.07, 6.45) is 9.41. The number of benzene rings is 1. The molecule has 0 aromatic heterocycles. The molecular formula is C21H37N. The molecule has 1 heteroatoms. The Morgan fingerprint density at radius 1 is 0.909 bits per heavy atom. The van der Waals surface area contributed by atoms with Crippen LogP contribution in [-0.2, 0) is 0 Å². The molecule has 0 radical (unpaired) electrons. The van der Waals surface area contributed by atoms with E-state index in [-0.39, 0.29) is 0 Å². The minimum Gasteiger partial charge on any atom is -0.371 e. The predicted octanol–water partition coefficient (Wildman–Crippen LogP) is 6.54. The Morgan fingerprint density at radius 3 is 2.23 bits per heavy atom. The van der Waals surface area contributed by atoms with Crippen LogP contribution in [0.25, 0.3) is 0 Å². The van der Waals surface area contributed by atoms with Gasteiger partial charge in [0.05, 0.1) is 0 Å². The van der Waals surface area contributed by atoms with E-state index in [9.17, 15) is 0 Å². The van der Waals surface area contributed by atoms with Gasteiger partial charge >= 0.3 is 0 Å². The van der Waals surface area contributed by atoms with Gasteiger partial charge in [0.15, 0.2) is 0 Å². The summed E-state index contributed by atoms with van der Waals surface area (Å²) in [6.45, 7) is 11.8. The Morgan fingerprint density at radius 2 is 1.64 bits per heavy atom. The van der Waals surface area contributed by atoms with Gasteiger partial charge in [-0.1, -0.05) is 78.0 Å². The number of hydrogen-bond donors (Lipinski definition) is 0. The molecule has 0 bridgehead atoms. The van der Waals surface area contributed by atoms with Crippen LogP contribution in [0.2, 0.25) is 0 Å². The predicted molar refractivity (Wildman–Crippen MR) is 101 cm³/mol. The molecule has 0 saturated heterocycles. The van der Waals surface area contributed by atoms with E-state index >= 15 is 0 Å². The van der Waals surface area contributed by atoms with Gasteiger partial charge in [-0.05, 0) is 36.8 Å². The van der Waals surface area contributed by atoms with Crippen molar-refractivity contribution in [3.63, 3.8) is 0 Å². The van der Waals surface area contributed by atoms with E-state index in [1.165, 1.54) is 63.7 Å². The maximum absolute atomic E-state index is 2.59. The summed E-state index contributed by atoms with van der Waals surface area (Å²) >= 11 is 0. The summed E-state index contributed by atoms with van der Waals surface area (Å²) in [5.41, 5.74) is 1.39. The zero-order valence-electron chi connectivity index (χ0n) is 15.4. The fourth-order valence-corrected chi connectivity index (χ4v) is 3.26. The van der Waals surface area contributed by atoms with Crippen LogP contribution >= 0.6 is 0 Å². The van der Waals surface area contributed by atoms with Crippen LogP contribution < -0.4 is 4.90 Å². The smallest absolute Gasteiger partial charge is 0.0366 e. The molecule has 1 aromatic rings. The highest BCUT2D eigenvalue weighted by atomic mass is 15.1. The second kappa shape index (κ2) is 11.6. The average molecular weight is 304 g/mol. The first-order chi connectivity index (χ1) is 10.7. The Balaban J connectivity index is 2.50. The van der Waals surface area contributed by atoms with E-state index in [0.29, 0.717) is 0 Å². The van der Waals surface area contributed by atoms with Gasteiger partial charge in [-0.3, -0.25) is 0 Å². The molecule has 22 heavy (non-hydrogen) atoms. The van der Waals surface area contributed by atoms with E-state index in [2.05, 4.69) is 62.9 Å². The first-order valence-corrected chi connectivity index (χ1v) is 9.51. The molecule has 0 fully saturated rings. The van der Waals surface area contributed by atoms with E-state index in [1.54, 1.807) is 0 Å². The maximum Gasteiger partial charge on any atom is 0.0366 e. The third-order valence-corrected chi connectivity index (χ3v) is 4.78. The molecule has 0 heterocycles. The minimum atomic E-state index is 0.781. The molecule has 0 spiro atoms. The van der Waals surface area contributed by atoms with Gasteiger partial charge in [-0.25, -0.2) is 0 Å². The van der Waals surface area contributed by atoms with Crippen molar-refractivity contribution < 1.29 is 0 Å². The van der Waals surface area contributed by atoms with E-state index in [4.69, 9.17) is 0 Å². The quantitative estimate of drug-likeness (QED) is 0.424. The summed E-state index contributed by atoms with van der Waals surface area (Å²) in [5.74, 6) is 1.72. The molecule has 1 nitrogen and oxygen atoms in total. The number of anilines is 1. The summed E-state index contributed by atoms with van der Waals surface area (Å²) in [6, 6.07) is 10.9. The van der Waals surface area contributed by atoms with Crippen LogP contribution in [0.4, 0.5) is 5.69 Å². The van der Waals surface area contributed by atoms with Crippen LogP contribution in [0.1, 0.15) is 72.6 Å². The zero-order chi connectivity index (χ0) is 16.2. The van der Waals surface area contributed by atoms with Crippen LogP contribution in [-0.4, -0.2) is 13.1 Å². The van der Waals surface area contributed by atoms with Crippen LogP contribution in [0.3, 0.4) is 0 Å². The molecule has 0 aliphatic heterocycles. The third kappa shape index (κ3) is 7.33. The van der Waals surface area contributed by atoms with Crippen molar-refractivity contribution in [1.29, 1.82) is 0 Å². The Hall–Kier alpha value is -0.980. The largest absolute Gasteiger partial charge is 0.371 e. The molecule has 0 aliphatic rings. The topological polar surface area (TPSA) is 3.24 Å². The van der Waals surface area contributed by atoms with Gasteiger partial charge in [-0.15, -0.1) is 0 Å². The summed E-state index contributed by atoms with van der Waals surface area (Å²) < 4.78 is 0. The number of para-hydroxylation sites is 1. The SMILES string of the molecule is CCCCN(CC(C)CCC(CC)CCC)c1ccccc1. The average Bonchev–Trinajstić information content (AvgIpc) is 2.56. The zero-order valence-corrected chi connectivity index (χ0v) is 15.4. The van der Waals surface area contributed by atoms with Gasteiger partial charge in [0.1, 0.15) is 0 Å². The number of unbranched alkanes of at least 4 members (excludes halogenated alkanes) is 1. The fourth-order valence-electron chi connectivity index (χ4n) is 3.26. The number of nitrogens with zero attached hydrogens (tertiary/aromatic N) is 1. The molecule has 1 rings (SSSR count). The van der Waals surface area contributed by atoms with E-state index in [0.717, 1.165) is 11.8 Å². The standard InChI is InChI=1S/C21H37N/c1-5-8-17-22(21-13-10-9-11-14-21)18-19(4)15-16-20(7-3)12-6-2/h9-11,13-14,19-20H,5-8,12,15-18H2,1-4H3. The van der Waals surface area contributed by atoms with Gasteiger partial charge in [-0.2, -0.15) is 0 Å². The third-order valence-electron chi connectivity index (χ3n) is 4.78. The van der Waals surface area contributed by atoms with E-state index < -0.39 is 0 Å². The lowest BCUT2D eigenvalue weighted by Gasteiger charge is -2.28. The van der Waals surface area contributed by atoms with Crippen molar-refractivity contribution in [2.45, 2.75) is 72.6 Å². The molecule has 2 atom stereocenters. The lowest BCUT2D eigenvalue weighted by molar-refractivity contribution is 0.376. The van der Waals surface area contributed by atoms with Crippen LogP contribution in [0.15, 0.2) is 30.3 Å². The molecule has 126 valence electrons. The van der Waals surface area contributed by atoms with Crippen molar-refractivity contribution >= 4 is 5.69 Å². The maximum atomic E-state index is 2.59. The summed E-state index contributed by atoms with van der Waals surface area (Å²) in [4.78, 5) is 2.59. The number of rotatable bonds is 12. The van der Waals surface area contributed by atoms with Gasteiger partial charge in [0, 0.05) is 18.8 Å². The van der Waals surface area contributed by atoms with Crippen molar-refractivity contribution in [3.8, 4) is 0 Å². The second-order valence-electron chi connectivity index (χ2n) is 6.88. The number of hydrogen-bond acceptors (Lipinski definition) is 1. The lowest BCUT2D eigenvalue weighted by Crippen LogP contribution is -2.29. The molecule has 0 aliphatic carbocycles. The monoisotopic (exact) mass is 303 g/mol. The highest BCUT2D eigenvalue weighted by Gasteiger charge is 2.13. The van der Waals surface area contributed by atoms with Crippen LogP contribution in [0, 0.1) is 11.8 Å². The first kappa shape index (κ1) is 19.1. The Bertz CT molecular complexity index is 359. The fraction of sp³-hybridized carbons (Fsp3) is 0.714. The van der Waals surface area contributed by atoms with Crippen molar-refractivity contribution in [3.05, 3.63) is 30.3 Å². The molecular weight excluding hydrogens is 266 g/mol. The highest BCUT2D eigenvalue weighted by molar-refractivity contribution is 5.45. The van der Waals surface area contributed by atoms with Gasteiger partial charge in [0.2, 0.25) is 0 Å². The minimum absolute atomic E-state index is 0.781. The normalized spacial score (nSPS) is 13.8. The van der Waals surface area contributed by atoms with Gasteiger partial charge in [0.25, 0.3) is 0 Å². The summed E-state index contributed by atoms with van der Waals surface area (Å²) in [7, 11) is 0. The highest BCUT2D eigenvalue weighted by Crippen LogP contribution is 2.22. The lowest BCUT2D eigenvalue weighted by atomic mass is 9.91. The Kier molecular flexibility index (Phi) is 10.0. The van der Waals surface area contributed by atoms with E-state index in [1.807, 2.05) is 0 Å². The molecule has 1 aromatic carbocycles. The summed E-state index contributed by atoms with van der Waals surface area (Å²) in [5, 5.41) is 0.